The number of amides is 1. The zero-order valence-electron chi connectivity index (χ0n) is 11.5. The van der Waals surface area contributed by atoms with Gasteiger partial charge in [-0.25, -0.2) is 0 Å². The van der Waals surface area contributed by atoms with Gasteiger partial charge < -0.3 is 10.6 Å². The lowest BCUT2D eigenvalue weighted by atomic mass is 9.92. The van der Waals surface area contributed by atoms with Gasteiger partial charge in [0.15, 0.2) is 0 Å². The molecule has 2 N–H and O–H groups in total. The van der Waals surface area contributed by atoms with E-state index >= 15 is 0 Å². The SMILES string of the molecule is Cc1cccc(C(=O)NC(C)C2CCCNC2)c1I. The third-order valence-corrected chi connectivity index (χ3v) is 5.27. The maximum absolute atomic E-state index is 12.3. The molecular weight excluding hydrogens is 351 g/mol. The molecule has 1 aliphatic heterocycles. The Balaban J connectivity index is 2.02. The second-order valence-corrected chi connectivity index (χ2v) is 6.38. The monoisotopic (exact) mass is 372 g/mol. The van der Waals surface area contributed by atoms with E-state index in [1.807, 2.05) is 25.1 Å². The first-order valence-electron chi connectivity index (χ1n) is 6.86. The Morgan fingerprint density at radius 3 is 3.00 bits per heavy atom. The molecule has 1 saturated heterocycles. The summed E-state index contributed by atoms with van der Waals surface area (Å²) in [5.41, 5.74) is 1.94. The molecule has 0 bridgehead atoms. The Hall–Kier alpha value is -0.620. The van der Waals surface area contributed by atoms with E-state index in [0.29, 0.717) is 5.92 Å². The van der Waals surface area contributed by atoms with E-state index in [0.717, 1.165) is 27.8 Å². The molecule has 19 heavy (non-hydrogen) atoms. The van der Waals surface area contributed by atoms with Crippen LogP contribution in [0.15, 0.2) is 18.2 Å². The Bertz CT molecular complexity index is 455. The standard InChI is InChI=1S/C15H21IN2O/c1-10-5-3-7-13(14(10)16)15(19)18-11(2)12-6-4-8-17-9-12/h3,5,7,11-12,17H,4,6,8-9H2,1-2H3,(H,18,19). The molecule has 2 unspecified atom stereocenters. The predicted octanol–water partition coefficient (Wildman–Crippen LogP) is 2.72. The van der Waals surface area contributed by atoms with Crippen molar-refractivity contribution in [3.63, 3.8) is 0 Å². The van der Waals surface area contributed by atoms with Gasteiger partial charge >= 0.3 is 0 Å². The summed E-state index contributed by atoms with van der Waals surface area (Å²) >= 11 is 2.25. The van der Waals surface area contributed by atoms with Crippen molar-refractivity contribution in [1.82, 2.24) is 10.6 Å². The van der Waals surface area contributed by atoms with E-state index in [9.17, 15) is 4.79 Å². The molecule has 0 saturated carbocycles. The number of rotatable bonds is 3. The fraction of sp³-hybridized carbons (Fsp3) is 0.533. The highest BCUT2D eigenvalue weighted by Crippen LogP contribution is 2.18. The Kier molecular flexibility index (Phi) is 5.21. The zero-order valence-corrected chi connectivity index (χ0v) is 13.7. The van der Waals surface area contributed by atoms with Gasteiger partial charge in [-0.1, -0.05) is 12.1 Å². The molecule has 0 radical (unpaired) electrons. The van der Waals surface area contributed by atoms with Gasteiger partial charge in [0.25, 0.3) is 5.91 Å². The third kappa shape index (κ3) is 3.69. The van der Waals surface area contributed by atoms with Gasteiger partial charge in [0.2, 0.25) is 0 Å². The van der Waals surface area contributed by atoms with E-state index in [1.165, 1.54) is 12.8 Å². The molecule has 104 valence electrons. The van der Waals surface area contributed by atoms with Crippen molar-refractivity contribution in [3.05, 3.63) is 32.9 Å². The number of hydrogen-bond acceptors (Lipinski definition) is 2. The average Bonchev–Trinajstić information content (AvgIpc) is 2.42. The first-order valence-corrected chi connectivity index (χ1v) is 7.94. The number of nitrogens with one attached hydrogen (secondary N) is 2. The van der Waals surface area contributed by atoms with Crippen LogP contribution < -0.4 is 10.6 Å². The second kappa shape index (κ2) is 6.70. The lowest BCUT2D eigenvalue weighted by Crippen LogP contribution is -2.44. The summed E-state index contributed by atoms with van der Waals surface area (Å²) in [6.07, 6.45) is 2.40. The van der Waals surface area contributed by atoms with Gasteiger partial charge in [-0.15, -0.1) is 0 Å². The lowest BCUT2D eigenvalue weighted by molar-refractivity contribution is 0.0921. The highest BCUT2D eigenvalue weighted by Gasteiger charge is 2.22. The highest BCUT2D eigenvalue weighted by molar-refractivity contribution is 14.1. The summed E-state index contributed by atoms with van der Waals surface area (Å²) in [5.74, 6) is 0.589. The molecule has 1 aromatic carbocycles. The zero-order chi connectivity index (χ0) is 13.8. The van der Waals surface area contributed by atoms with Crippen molar-refractivity contribution < 1.29 is 4.79 Å². The molecule has 1 heterocycles. The minimum absolute atomic E-state index is 0.0474. The molecule has 1 fully saturated rings. The summed E-state index contributed by atoms with van der Waals surface area (Å²) in [6.45, 7) is 6.25. The van der Waals surface area contributed by atoms with Gasteiger partial charge in [-0.05, 0) is 79.9 Å². The lowest BCUT2D eigenvalue weighted by Gasteiger charge is -2.29. The van der Waals surface area contributed by atoms with Gasteiger partial charge in [0.05, 0.1) is 5.56 Å². The van der Waals surface area contributed by atoms with Gasteiger partial charge in [0.1, 0.15) is 0 Å². The van der Waals surface area contributed by atoms with E-state index in [1.54, 1.807) is 0 Å². The average molecular weight is 372 g/mol. The fourth-order valence-corrected chi connectivity index (χ4v) is 3.14. The number of carbonyl (C=O) groups excluding carboxylic acids is 1. The summed E-state index contributed by atoms with van der Waals surface area (Å²) < 4.78 is 1.05. The Morgan fingerprint density at radius 2 is 2.32 bits per heavy atom. The van der Waals surface area contributed by atoms with Crippen LogP contribution in [0.3, 0.4) is 0 Å². The second-order valence-electron chi connectivity index (χ2n) is 5.31. The molecule has 2 rings (SSSR count). The third-order valence-electron chi connectivity index (χ3n) is 3.84. The van der Waals surface area contributed by atoms with Crippen LogP contribution in [0.4, 0.5) is 0 Å². The Morgan fingerprint density at radius 1 is 1.53 bits per heavy atom. The van der Waals surface area contributed by atoms with E-state index in [2.05, 4.69) is 40.1 Å². The molecule has 0 spiro atoms. The van der Waals surface area contributed by atoms with E-state index in [-0.39, 0.29) is 11.9 Å². The van der Waals surface area contributed by atoms with E-state index in [4.69, 9.17) is 0 Å². The van der Waals surface area contributed by atoms with Gasteiger partial charge in [-0.3, -0.25) is 4.79 Å². The van der Waals surface area contributed by atoms with Crippen LogP contribution in [0.5, 0.6) is 0 Å². The number of hydrogen-bond donors (Lipinski definition) is 2. The van der Waals surface area contributed by atoms with Crippen LogP contribution in [-0.4, -0.2) is 25.0 Å². The summed E-state index contributed by atoms with van der Waals surface area (Å²) in [7, 11) is 0. The van der Waals surface area contributed by atoms with Crippen molar-refractivity contribution in [2.75, 3.05) is 13.1 Å². The maximum Gasteiger partial charge on any atom is 0.252 e. The first-order chi connectivity index (χ1) is 9.09. The van der Waals surface area contributed by atoms with Crippen LogP contribution in [0.2, 0.25) is 0 Å². The van der Waals surface area contributed by atoms with Crippen molar-refractivity contribution in [2.24, 2.45) is 5.92 Å². The maximum atomic E-state index is 12.3. The summed E-state index contributed by atoms with van der Waals surface area (Å²) in [4.78, 5) is 12.3. The molecule has 2 atom stereocenters. The van der Waals surface area contributed by atoms with Crippen molar-refractivity contribution in [1.29, 1.82) is 0 Å². The molecule has 1 aromatic rings. The molecule has 1 amide bonds. The number of piperidine rings is 1. The molecule has 0 aromatic heterocycles. The van der Waals surface area contributed by atoms with Crippen molar-refractivity contribution in [3.8, 4) is 0 Å². The summed E-state index contributed by atoms with van der Waals surface area (Å²) in [5, 5.41) is 6.55. The topological polar surface area (TPSA) is 41.1 Å². The number of halogens is 1. The normalized spacial score (nSPS) is 20.9. The predicted molar refractivity (Wildman–Crippen MR) is 86.4 cm³/mol. The Labute approximate surface area is 128 Å². The largest absolute Gasteiger partial charge is 0.349 e. The fourth-order valence-electron chi connectivity index (χ4n) is 2.53. The molecule has 0 aliphatic carbocycles. The smallest absolute Gasteiger partial charge is 0.252 e. The molecular formula is C15H21IN2O. The quantitative estimate of drug-likeness (QED) is 0.802. The van der Waals surface area contributed by atoms with Crippen LogP contribution in [0.1, 0.15) is 35.7 Å². The molecule has 1 aliphatic rings. The molecule has 3 nitrogen and oxygen atoms in total. The van der Waals surface area contributed by atoms with Crippen LogP contribution in [0.25, 0.3) is 0 Å². The number of aryl methyl sites for hydroxylation is 1. The molecule has 4 heteroatoms. The first kappa shape index (κ1) is 14.8. The number of benzene rings is 1. The minimum atomic E-state index is 0.0474. The van der Waals surface area contributed by atoms with Crippen LogP contribution in [0, 0.1) is 16.4 Å². The van der Waals surface area contributed by atoms with Crippen LogP contribution >= 0.6 is 22.6 Å². The highest BCUT2D eigenvalue weighted by atomic mass is 127. The minimum Gasteiger partial charge on any atom is -0.349 e. The number of carbonyl (C=O) groups is 1. The van der Waals surface area contributed by atoms with Gasteiger partial charge in [0, 0.05) is 9.61 Å². The van der Waals surface area contributed by atoms with E-state index < -0.39 is 0 Å². The van der Waals surface area contributed by atoms with Gasteiger partial charge in [-0.2, -0.15) is 0 Å². The van der Waals surface area contributed by atoms with Crippen molar-refractivity contribution in [2.45, 2.75) is 32.7 Å². The van der Waals surface area contributed by atoms with Crippen LogP contribution in [-0.2, 0) is 0 Å². The van der Waals surface area contributed by atoms with Crippen molar-refractivity contribution >= 4 is 28.5 Å². The summed E-state index contributed by atoms with van der Waals surface area (Å²) in [6, 6.07) is 6.10.